The third-order valence-corrected chi connectivity index (χ3v) is 4.27. The summed E-state index contributed by atoms with van der Waals surface area (Å²) >= 11 is 0. The predicted octanol–water partition coefficient (Wildman–Crippen LogP) is 3.70. The zero-order chi connectivity index (χ0) is 12.3. The van der Waals surface area contributed by atoms with Crippen LogP contribution in [0.25, 0.3) is 0 Å². The van der Waals surface area contributed by atoms with Gasteiger partial charge in [0.15, 0.2) is 0 Å². The van der Waals surface area contributed by atoms with Gasteiger partial charge in [0.25, 0.3) is 0 Å². The summed E-state index contributed by atoms with van der Waals surface area (Å²) in [6.07, 6.45) is 9.18. The molecule has 3 atom stereocenters. The molecule has 96 valence electrons. The van der Waals surface area contributed by atoms with Crippen molar-refractivity contribution in [2.45, 2.75) is 52.5 Å². The summed E-state index contributed by atoms with van der Waals surface area (Å²) in [4.78, 5) is 4.44. The summed E-state index contributed by atoms with van der Waals surface area (Å²) in [6, 6.07) is 0.641. The third-order valence-electron chi connectivity index (χ3n) is 4.27. The molecule has 1 aromatic rings. The molecule has 1 aliphatic rings. The second-order valence-electron chi connectivity index (χ2n) is 5.26. The monoisotopic (exact) mass is 235 g/mol. The first kappa shape index (κ1) is 12.5. The minimum absolute atomic E-state index is 0.641. The summed E-state index contributed by atoms with van der Waals surface area (Å²) < 4.78 is 2.36. The summed E-state index contributed by atoms with van der Waals surface area (Å²) in [5.74, 6) is 2.72. The number of rotatable bonds is 5. The SMILES string of the molecule is CCCNc1nccn1C1CCC(CC)C1C. The molecule has 1 fully saturated rings. The van der Waals surface area contributed by atoms with E-state index in [-0.39, 0.29) is 0 Å². The highest BCUT2D eigenvalue weighted by Crippen LogP contribution is 2.42. The molecule has 0 aliphatic heterocycles. The van der Waals surface area contributed by atoms with Crippen LogP contribution in [0.3, 0.4) is 0 Å². The van der Waals surface area contributed by atoms with Crippen molar-refractivity contribution in [1.29, 1.82) is 0 Å². The molecule has 0 aromatic carbocycles. The van der Waals surface area contributed by atoms with Crippen molar-refractivity contribution in [2.24, 2.45) is 11.8 Å². The zero-order valence-electron chi connectivity index (χ0n) is 11.3. The first-order chi connectivity index (χ1) is 8.27. The van der Waals surface area contributed by atoms with Gasteiger partial charge in [0, 0.05) is 25.0 Å². The highest BCUT2D eigenvalue weighted by molar-refractivity contribution is 5.27. The molecule has 1 N–H and O–H groups in total. The number of hydrogen-bond acceptors (Lipinski definition) is 2. The Hall–Kier alpha value is -0.990. The van der Waals surface area contributed by atoms with Gasteiger partial charge in [0.2, 0.25) is 5.95 Å². The van der Waals surface area contributed by atoms with E-state index in [0.717, 1.165) is 30.7 Å². The van der Waals surface area contributed by atoms with Gasteiger partial charge < -0.3 is 9.88 Å². The number of imidazole rings is 1. The Labute approximate surface area is 105 Å². The summed E-state index contributed by atoms with van der Waals surface area (Å²) in [6.45, 7) is 7.91. The van der Waals surface area contributed by atoms with Crippen LogP contribution in [0.1, 0.15) is 52.5 Å². The van der Waals surface area contributed by atoms with E-state index in [1.54, 1.807) is 0 Å². The van der Waals surface area contributed by atoms with Gasteiger partial charge in [-0.25, -0.2) is 4.98 Å². The lowest BCUT2D eigenvalue weighted by molar-refractivity contribution is 0.331. The molecule has 17 heavy (non-hydrogen) atoms. The Morgan fingerprint density at radius 3 is 2.88 bits per heavy atom. The van der Waals surface area contributed by atoms with Gasteiger partial charge in [-0.15, -0.1) is 0 Å². The van der Waals surface area contributed by atoms with Crippen LogP contribution in [-0.4, -0.2) is 16.1 Å². The molecule has 1 aromatic heterocycles. The average molecular weight is 235 g/mol. The maximum atomic E-state index is 4.44. The summed E-state index contributed by atoms with van der Waals surface area (Å²) in [7, 11) is 0. The fourth-order valence-electron chi connectivity index (χ4n) is 3.15. The van der Waals surface area contributed by atoms with Crippen molar-refractivity contribution < 1.29 is 0 Å². The van der Waals surface area contributed by atoms with Crippen molar-refractivity contribution in [1.82, 2.24) is 9.55 Å². The third kappa shape index (κ3) is 2.48. The highest BCUT2D eigenvalue weighted by atomic mass is 15.2. The van der Waals surface area contributed by atoms with Crippen LogP contribution in [0.2, 0.25) is 0 Å². The number of aromatic nitrogens is 2. The lowest BCUT2D eigenvalue weighted by Crippen LogP contribution is -2.17. The van der Waals surface area contributed by atoms with Crippen LogP contribution in [0, 0.1) is 11.8 Å². The molecule has 1 heterocycles. The first-order valence-corrected chi connectivity index (χ1v) is 7.04. The van der Waals surface area contributed by atoms with E-state index in [9.17, 15) is 0 Å². The van der Waals surface area contributed by atoms with Gasteiger partial charge >= 0.3 is 0 Å². The van der Waals surface area contributed by atoms with E-state index in [4.69, 9.17) is 0 Å². The maximum Gasteiger partial charge on any atom is 0.203 e. The summed E-state index contributed by atoms with van der Waals surface area (Å²) in [5, 5.41) is 3.43. The molecule has 0 bridgehead atoms. The molecule has 3 heteroatoms. The lowest BCUT2D eigenvalue weighted by atomic mass is 9.93. The van der Waals surface area contributed by atoms with Gasteiger partial charge in [-0.05, 0) is 31.1 Å². The quantitative estimate of drug-likeness (QED) is 0.843. The van der Waals surface area contributed by atoms with Crippen LogP contribution < -0.4 is 5.32 Å². The second-order valence-corrected chi connectivity index (χ2v) is 5.26. The topological polar surface area (TPSA) is 29.9 Å². The average Bonchev–Trinajstić information content (AvgIpc) is 2.92. The van der Waals surface area contributed by atoms with E-state index in [1.165, 1.54) is 19.3 Å². The van der Waals surface area contributed by atoms with E-state index >= 15 is 0 Å². The summed E-state index contributed by atoms with van der Waals surface area (Å²) in [5.41, 5.74) is 0. The minimum Gasteiger partial charge on any atom is -0.356 e. The van der Waals surface area contributed by atoms with E-state index in [0.29, 0.717) is 6.04 Å². The number of nitrogens with zero attached hydrogens (tertiary/aromatic N) is 2. The fourth-order valence-corrected chi connectivity index (χ4v) is 3.15. The second kappa shape index (κ2) is 5.56. The highest BCUT2D eigenvalue weighted by Gasteiger charge is 2.33. The molecular formula is C14H25N3. The fraction of sp³-hybridized carbons (Fsp3) is 0.786. The van der Waals surface area contributed by atoms with Crippen molar-refractivity contribution in [3.63, 3.8) is 0 Å². The molecule has 0 spiro atoms. The molecule has 3 unspecified atom stereocenters. The Morgan fingerprint density at radius 2 is 2.24 bits per heavy atom. The molecule has 2 rings (SSSR count). The molecule has 1 aliphatic carbocycles. The molecule has 3 nitrogen and oxygen atoms in total. The molecule has 0 radical (unpaired) electrons. The Bertz CT molecular complexity index is 345. The van der Waals surface area contributed by atoms with Gasteiger partial charge in [0.05, 0.1) is 0 Å². The zero-order valence-corrected chi connectivity index (χ0v) is 11.3. The molecular weight excluding hydrogens is 210 g/mol. The Balaban J connectivity index is 2.09. The van der Waals surface area contributed by atoms with Crippen LogP contribution >= 0.6 is 0 Å². The normalized spacial score (nSPS) is 28.5. The molecule has 0 amide bonds. The van der Waals surface area contributed by atoms with Gasteiger partial charge in [-0.2, -0.15) is 0 Å². The molecule has 0 saturated heterocycles. The largest absolute Gasteiger partial charge is 0.356 e. The minimum atomic E-state index is 0.641. The lowest BCUT2D eigenvalue weighted by Gasteiger charge is -2.23. The van der Waals surface area contributed by atoms with E-state index in [2.05, 4.69) is 41.8 Å². The van der Waals surface area contributed by atoms with Gasteiger partial charge in [-0.3, -0.25) is 0 Å². The smallest absolute Gasteiger partial charge is 0.203 e. The van der Waals surface area contributed by atoms with Crippen LogP contribution in [0.4, 0.5) is 5.95 Å². The van der Waals surface area contributed by atoms with E-state index in [1.807, 2.05) is 6.20 Å². The Morgan fingerprint density at radius 1 is 1.41 bits per heavy atom. The van der Waals surface area contributed by atoms with Crippen molar-refractivity contribution in [3.05, 3.63) is 12.4 Å². The molecule has 1 saturated carbocycles. The maximum absolute atomic E-state index is 4.44. The van der Waals surface area contributed by atoms with Crippen molar-refractivity contribution in [2.75, 3.05) is 11.9 Å². The van der Waals surface area contributed by atoms with Gasteiger partial charge in [0.1, 0.15) is 0 Å². The van der Waals surface area contributed by atoms with Crippen molar-refractivity contribution in [3.8, 4) is 0 Å². The van der Waals surface area contributed by atoms with E-state index < -0.39 is 0 Å². The standard InChI is InChI=1S/C14H25N3/c1-4-8-15-14-16-9-10-17(14)13-7-6-12(5-2)11(13)3/h9-13H,4-8H2,1-3H3,(H,15,16). The van der Waals surface area contributed by atoms with Gasteiger partial charge in [-0.1, -0.05) is 27.2 Å². The van der Waals surface area contributed by atoms with Crippen molar-refractivity contribution >= 4 is 5.95 Å². The first-order valence-electron chi connectivity index (χ1n) is 7.04. The Kier molecular flexibility index (Phi) is 4.08. The number of anilines is 1. The number of hydrogen-bond donors (Lipinski definition) is 1. The van der Waals surface area contributed by atoms with Crippen LogP contribution in [0.5, 0.6) is 0 Å². The van der Waals surface area contributed by atoms with Crippen LogP contribution in [-0.2, 0) is 0 Å². The predicted molar refractivity (Wildman–Crippen MR) is 72.2 cm³/mol. The number of nitrogens with one attached hydrogen (secondary N) is 1. The van der Waals surface area contributed by atoms with Crippen LogP contribution in [0.15, 0.2) is 12.4 Å².